The van der Waals surface area contributed by atoms with Crippen LogP contribution in [-0.4, -0.2) is 51.1 Å². The van der Waals surface area contributed by atoms with E-state index in [-0.39, 0.29) is 41.5 Å². The number of nitrogens with one attached hydrogen (secondary N) is 2. The van der Waals surface area contributed by atoms with E-state index in [0.29, 0.717) is 35.7 Å². The van der Waals surface area contributed by atoms with Gasteiger partial charge in [0.2, 0.25) is 0 Å². The molecule has 4 fully saturated rings. The van der Waals surface area contributed by atoms with Crippen LogP contribution in [0.5, 0.6) is 0 Å². The Hall–Kier alpha value is -2.77. The molecule has 0 radical (unpaired) electrons. The van der Waals surface area contributed by atoms with E-state index in [1.165, 1.54) is 19.3 Å². The zero-order valence-electron chi connectivity index (χ0n) is 25.2. The van der Waals surface area contributed by atoms with Crippen LogP contribution in [0.25, 0.3) is 0 Å². The van der Waals surface area contributed by atoms with Crippen LogP contribution in [0.2, 0.25) is 0 Å². The molecule has 0 aromatic heterocycles. The molecule has 1 aromatic carbocycles. The first-order chi connectivity index (χ1) is 19.7. The van der Waals surface area contributed by atoms with Gasteiger partial charge in [-0.1, -0.05) is 32.0 Å². The van der Waals surface area contributed by atoms with Gasteiger partial charge in [-0.25, -0.2) is 14.4 Å². The summed E-state index contributed by atoms with van der Waals surface area (Å²) in [6.45, 7) is 5.17. The first-order valence-corrected chi connectivity index (χ1v) is 15.7. The van der Waals surface area contributed by atoms with Crippen molar-refractivity contribution >= 4 is 18.2 Å². The van der Waals surface area contributed by atoms with Crippen LogP contribution in [-0.2, 0) is 14.2 Å². The molecule has 1 aromatic rings. The molecule has 2 amide bonds. The highest BCUT2D eigenvalue weighted by molar-refractivity contribution is 5.89. The minimum Gasteiger partial charge on any atom is -0.459 e. The van der Waals surface area contributed by atoms with E-state index in [1.807, 2.05) is 30.3 Å². The molecule has 0 aliphatic heterocycles. The maximum Gasteiger partial charge on any atom is 0.407 e. The summed E-state index contributed by atoms with van der Waals surface area (Å²) < 4.78 is 17.2. The number of carbonyl (C=O) groups is 3. The highest BCUT2D eigenvalue weighted by Crippen LogP contribution is 2.68. The fourth-order valence-electron chi connectivity index (χ4n) is 9.65. The molecule has 41 heavy (non-hydrogen) atoms. The molecular weight excluding hydrogens is 520 g/mol. The molecule has 8 nitrogen and oxygen atoms in total. The molecule has 9 atom stereocenters. The number of benzene rings is 1. The lowest BCUT2D eigenvalue weighted by Crippen LogP contribution is -2.55. The first-order valence-electron chi connectivity index (χ1n) is 15.7. The van der Waals surface area contributed by atoms with E-state index in [0.717, 1.165) is 38.5 Å². The Morgan fingerprint density at radius 2 is 1.59 bits per heavy atom. The van der Waals surface area contributed by atoms with Crippen molar-refractivity contribution in [3.05, 3.63) is 35.9 Å². The topological polar surface area (TPSA) is 103 Å². The predicted molar refractivity (Wildman–Crippen MR) is 155 cm³/mol. The average molecular weight is 569 g/mol. The number of amides is 2. The summed E-state index contributed by atoms with van der Waals surface area (Å²) in [7, 11) is 3.13. The Labute approximate surface area is 244 Å². The molecule has 4 aliphatic rings. The van der Waals surface area contributed by atoms with Crippen LogP contribution in [0.1, 0.15) is 88.4 Å². The lowest BCUT2D eigenvalue weighted by Gasteiger charge is -2.61. The number of rotatable bonds is 7. The number of fused-ring (bicyclic) bond motifs is 5. The SMILES string of the molecule is CNC(=O)OCC[C@@H](OC(=O)NC)[C@H]1CC[C@H]2[C@@H]3CC[C@@H]4C[C@H](OC(=O)c5ccccc5)CC[C@]4(C)[C@H]3CC[C@]12C. The van der Waals surface area contributed by atoms with Crippen molar-refractivity contribution in [3.63, 3.8) is 0 Å². The van der Waals surface area contributed by atoms with Crippen molar-refractivity contribution in [3.8, 4) is 0 Å². The number of ether oxygens (including phenoxy) is 3. The Morgan fingerprint density at radius 3 is 2.32 bits per heavy atom. The summed E-state index contributed by atoms with van der Waals surface area (Å²) >= 11 is 0. The Morgan fingerprint density at radius 1 is 0.878 bits per heavy atom. The maximum atomic E-state index is 12.7. The molecule has 0 heterocycles. The Balaban J connectivity index is 1.25. The number of carbonyl (C=O) groups excluding carboxylic acids is 3. The minimum absolute atomic E-state index is 0.00155. The molecule has 0 unspecified atom stereocenters. The van der Waals surface area contributed by atoms with Gasteiger partial charge in [0.05, 0.1) is 12.2 Å². The maximum absolute atomic E-state index is 12.7. The van der Waals surface area contributed by atoms with Gasteiger partial charge in [-0.2, -0.15) is 0 Å². The zero-order chi connectivity index (χ0) is 29.2. The number of alkyl carbamates (subject to hydrolysis) is 2. The van der Waals surface area contributed by atoms with Crippen LogP contribution in [0.4, 0.5) is 9.59 Å². The van der Waals surface area contributed by atoms with Gasteiger partial charge < -0.3 is 24.8 Å². The van der Waals surface area contributed by atoms with Crippen molar-refractivity contribution in [1.82, 2.24) is 10.6 Å². The number of hydrogen-bond donors (Lipinski definition) is 2. The van der Waals surface area contributed by atoms with Crippen molar-refractivity contribution < 1.29 is 28.6 Å². The third-order valence-electron chi connectivity index (χ3n) is 11.7. The molecule has 0 spiro atoms. The number of esters is 1. The summed E-state index contributed by atoms with van der Waals surface area (Å²) in [4.78, 5) is 36.7. The van der Waals surface area contributed by atoms with E-state index in [9.17, 15) is 14.4 Å². The van der Waals surface area contributed by atoms with E-state index in [2.05, 4.69) is 24.5 Å². The quantitative estimate of drug-likeness (QED) is 0.294. The zero-order valence-corrected chi connectivity index (χ0v) is 25.2. The second kappa shape index (κ2) is 12.2. The molecular formula is C33H48N2O6. The van der Waals surface area contributed by atoms with Crippen molar-refractivity contribution in [1.29, 1.82) is 0 Å². The molecule has 0 bridgehead atoms. The third kappa shape index (κ3) is 5.80. The van der Waals surface area contributed by atoms with E-state index < -0.39 is 12.2 Å². The normalized spacial score (nSPS) is 36.5. The van der Waals surface area contributed by atoms with Crippen LogP contribution in [0.3, 0.4) is 0 Å². The van der Waals surface area contributed by atoms with Crippen LogP contribution in [0, 0.1) is 40.4 Å². The summed E-state index contributed by atoms with van der Waals surface area (Å²) in [6.07, 6.45) is 9.26. The van der Waals surface area contributed by atoms with Crippen molar-refractivity contribution in [2.75, 3.05) is 20.7 Å². The highest BCUT2D eigenvalue weighted by Gasteiger charge is 2.61. The van der Waals surface area contributed by atoms with Crippen molar-refractivity contribution in [2.24, 2.45) is 40.4 Å². The molecule has 5 rings (SSSR count). The average Bonchev–Trinajstić information content (AvgIpc) is 3.34. The predicted octanol–water partition coefficient (Wildman–Crippen LogP) is 6.34. The van der Waals surface area contributed by atoms with Crippen LogP contribution < -0.4 is 10.6 Å². The molecule has 8 heteroatoms. The fourth-order valence-corrected chi connectivity index (χ4v) is 9.65. The van der Waals surface area contributed by atoms with Crippen molar-refractivity contribution in [2.45, 2.75) is 90.3 Å². The molecule has 4 aliphatic carbocycles. The van der Waals surface area contributed by atoms with Gasteiger partial charge in [-0.3, -0.25) is 0 Å². The molecule has 226 valence electrons. The second-order valence-electron chi connectivity index (χ2n) is 13.4. The van der Waals surface area contributed by atoms with Crippen LogP contribution in [0.15, 0.2) is 30.3 Å². The van der Waals surface area contributed by atoms with Gasteiger partial charge in [0, 0.05) is 26.4 Å². The summed E-state index contributed by atoms with van der Waals surface area (Å²) in [5, 5.41) is 5.09. The van der Waals surface area contributed by atoms with Gasteiger partial charge >= 0.3 is 18.2 Å². The van der Waals surface area contributed by atoms with Gasteiger partial charge in [0.15, 0.2) is 0 Å². The summed E-state index contributed by atoms with van der Waals surface area (Å²) in [5.74, 6) is 2.59. The lowest BCUT2D eigenvalue weighted by atomic mass is 9.44. The van der Waals surface area contributed by atoms with Gasteiger partial charge in [0.1, 0.15) is 12.2 Å². The third-order valence-corrected chi connectivity index (χ3v) is 11.7. The first kappa shape index (κ1) is 29.7. The van der Waals surface area contributed by atoms with E-state index in [4.69, 9.17) is 14.2 Å². The fraction of sp³-hybridized carbons (Fsp3) is 0.727. The summed E-state index contributed by atoms with van der Waals surface area (Å²) in [5.41, 5.74) is 1.00. The summed E-state index contributed by atoms with van der Waals surface area (Å²) in [6, 6.07) is 9.33. The highest BCUT2D eigenvalue weighted by atomic mass is 16.6. The van der Waals surface area contributed by atoms with Crippen LogP contribution >= 0.6 is 0 Å². The van der Waals surface area contributed by atoms with Gasteiger partial charge in [-0.15, -0.1) is 0 Å². The second-order valence-corrected chi connectivity index (χ2v) is 13.4. The smallest absolute Gasteiger partial charge is 0.407 e. The molecule has 0 saturated heterocycles. The lowest BCUT2D eigenvalue weighted by molar-refractivity contribution is -0.134. The largest absolute Gasteiger partial charge is 0.459 e. The molecule has 2 N–H and O–H groups in total. The number of hydrogen-bond acceptors (Lipinski definition) is 6. The Kier molecular flexibility index (Phi) is 8.86. The monoisotopic (exact) mass is 568 g/mol. The molecule has 4 saturated carbocycles. The van der Waals surface area contributed by atoms with E-state index in [1.54, 1.807) is 14.1 Å². The van der Waals surface area contributed by atoms with E-state index >= 15 is 0 Å². The van der Waals surface area contributed by atoms with Gasteiger partial charge in [-0.05, 0) is 104 Å². The standard InChI is InChI=1S/C33H48N2O6/c1-32-17-14-23(40-29(36)21-8-6-5-7-9-21)20-22(32)10-11-24-25-12-13-27(33(25,2)18-15-26(24)32)28(41-31(38)35-4)16-19-39-30(37)34-3/h5-9,22-28H,10-20H2,1-4H3,(H,34,37)(H,35,38)/t22-,23-,24+,25+,26+,27-,28-,32+,33+/m1/s1. The minimum atomic E-state index is -0.464. The Bertz CT molecular complexity index is 1100. The van der Waals surface area contributed by atoms with Gasteiger partial charge in [0.25, 0.3) is 0 Å².